The van der Waals surface area contributed by atoms with Gasteiger partial charge in [0.2, 0.25) is 0 Å². The average Bonchev–Trinajstić information content (AvgIpc) is 2.59. The first-order valence-electron chi connectivity index (χ1n) is 4.21. The minimum atomic E-state index is -1.12. The number of nitrogens with zero attached hydrogens (tertiary/aromatic N) is 2. The summed E-state index contributed by atoms with van der Waals surface area (Å²) in [6, 6.07) is 3.32. The van der Waals surface area contributed by atoms with Crippen LogP contribution in [0.1, 0.15) is 19.3 Å². The topological polar surface area (TPSA) is 73.9 Å². The fraction of sp³-hybridized carbons (Fsp3) is 0.667. The van der Waals surface area contributed by atoms with Crippen molar-refractivity contribution >= 4 is 5.78 Å². The second kappa shape index (κ2) is 4.59. The van der Waals surface area contributed by atoms with E-state index < -0.39 is 5.92 Å². The van der Waals surface area contributed by atoms with E-state index in [4.69, 9.17) is 15.3 Å². The number of hydrogen-bond donors (Lipinski definition) is 0. The van der Waals surface area contributed by atoms with Crippen molar-refractivity contribution in [2.24, 2.45) is 5.92 Å². The van der Waals surface area contributed by atoms with Gasteiger partial charge < -0.3 is 4.74 Å². The van der Waals surface area contributed by atoms with Crippen molar-refractivity contribution in [3.8, 4) is 12.1 Å². The Labute approximate surface area is 76.7 Å². The number of carbonyl (C=O) groups excluding carboxylic acids is 1. The van der Waals surface area contributed by atoms with Crippen LogP contribution in [-0.2, 0) is 9.53 Å². The molecule has 1 atom stereocenters. The van der Waals surface area contributed by atoms with E-state index in [-0.39, 0.29) is 18.3 Å². The molecule has 1 unspecified atom stereocenters. The normalized spacial score (nSPS) is 21.0. The highest BCUT2D eigenvalue weighted by atomic mass is 16.5. The molecular weight excluding hydrogens is 168 g/mol. The van der Waals surface area contributed by atoms with Gasteiger partial charge in [0, 0.05) is 13.0 Å². The minimum absolute atomic E-state index is 0.0725. The first-order chi connectivity index (χ1) is 6.27. The fourth-order valence-electron chi connectivity index (χ4n) is 1.32. The molecule has 0 N–H and O–H groups in total. The van der Waals surface area contributed by atoms with Crippen LogP contribution in [0.3, 0.4) is 0 Å². The zero-order valence-corrected chi connectivity index (χ0v) is 7.19. The summed E-state index contributed by atoms with van der Waals surface area (Å²) in [6.07, 6.45) is 1.94. The van der Waals surface area contributed by atoms with E-state index >= 15 is 0 Å². The summed E-state index contributed by atoms with van der Waals surface area (Å²) in [5.41, 5.74) is 0. The summed E-state index contributed by atoms with van der Waals surface area (Å²) in [4.78, 5) is 11.2. The molecule has 13 heavy (non-hydrogen) atoms. The Morgan fingerprint density at radius 1 is 1.54 bits per heavy atom. The lowest BCUT2D eigenvalue weighted by Gasteiger charge is -2.07. The van der Waals surface area contributed by atoms with Gasteiger partial charge in [0.05, 0.1) is 18.2 Å². The van der Waals surface area contributed by atoms with Crippen LogP contribution < -0.4 is 0 Å². The number of ketones is 1. The molecule has 0 aromatic heterocycles. The van der Waals surface area contributed by atoms with Crippen LogP contribution in [0, 0.1) is 28.6 Å². The summed E-state index contributed by atoms with van der Waals surface area (Å²) in [7, 11) is 0. The third kappa shape index (κ3) is 2.54. The van der Waals surface area contributed by atoms with Gasteiger partial charge in [-0.05, 0) is 12.8 Å². The number of carbonyl (C=O) groups is 1. The van der Waals surface area contributed by atoms with Gasteiger partial charge in [-0.25, -0.2) is 0 Å². The lowest BCUT2D eigenvalue weighted by Crippen LogP contribution is -2.18. The van der Waals surface area contributed by atoms with E-state index in [0.29, 0.717) is 6.61 Å². The summed E-state index contributed by atoms with van der Waals surface area (Å²) in [6.45, 7) is 0.682. The maximum Gasteiger partial charge on any atom is 0.191 e. The SMILES string of the molecule is N#CC(C#N)C(=O)CC1CCCO1. The van der Waals surface area contributed by atoms with Gasteiger partial charge >= 0.3 is 0 Å². The predicted molar refractivity (Wildman–Crippen MR) is 43.3 cm³/mol. The van der Waals surface area contributed by atoms with Crippen molar-refractivity contribution in [1.29, 1.82) is 10.5 Å². The number of rotatable bonds is 3. The van der Waals surface area contributed by atoms with Crippen LogP contribution >= 0.6 is 0 Å². The lowest BCUT2D eigenvalue weighted by molar-refractivity contribution is -0.122. The second-order valence-corrected chi connectivity index (χ2v) is 3.00. The molecular formula is C9H10N2O2. The Balaban J connectivity index is 2.41. The molecule has 0 amide bonds. The molecule has 0 aromatic rings. The van der Waals surface area contributed by atoms with Crippen LogP contribution in [0.5, 0.6) is 0 Å². The van der Waals surface area contributed by atoms with E-state index in [0.717, 1.165) is 12.8 Å². The zero-order valence-electron chi connectivity index (χ0n) is 7.19. The van der Waals surface area contributed by atoms with Gasteiger partial charge in [-0.2, -0.15) is 10.5 Å². The molecule has 0 aromatic carbocycles. The molecule has 1 aliphatic rings. The molecule has 1 aliphatic heterocycles. The minimum Gasteiger partial charge on any atom is -0.378 e. The number of Topliss-reactive ketones (excluding diaryl/α,β-unsaturated/α-hetero) is 1. The lowest BCUT2D eigenvalue weighted by atomic mass is 10.0. The van der Waals surface area contributed by atoms with E-state index in [2.05, 4.69) is 0 Å². The standard InChI is InChI=1S/C9H10N2O2/c10-5-7(6-11)9(12)4-8-2-1-3-13-8/h7-8H,1-4H2. The molecule has 0 spiro atoms. The summed E-state index contributed by atoms with van der Waals surface area (Å²) in [5, 5.41) is 16.9. The van der Waals surface area contributed by atoms with E-state index in [1.165, 1.54) is 0 Å². The zero-order chi connectivity index (χ0) is 9.68. The average molecular weight is 178 g/mol. The third-order valence-electron chi connectivity index (χ3n) is 2.03. The highest BCUT2D eigenvalue weighted by molar-refractivity contribution is 5.86. The number of nitriles is 2. The molecule has 1 heterocycles. The Hall–Kier alpha value is -1.39. The number of hydrogen-bond acceptors (Lipinski definition) is 4. The van der Waals surface area contributed by atoms with Crippen molar-refractivity contribution < 1.29 is 9.53 Å². The molecule has 0 saturated carbocycles. The summed E-state index contributed by atoms with van der Waals surface area (Å²) >= 11 is 0. The smallest absolute Gasteiger partial charge is 0.191 e. The van der Waals surface area contributed by atoms with E-state index in [9.17, 15) is 4.79 Å². The van der Waals surface area contributed by atoms with Crippen LogP contribution in [0.2, 0.25) is 0 Å². The Morgan fingerprint density at radius 2 is 2.23 bits per heavy atom. The van der Waals surface area contributed by atoms with Gasteiger partial charge in [-0.3, -0.25) is 4.79 Å². The molecule has 0 bridgehead atoms. The molecule has 0 radical (unpaired) electrons. The van der Waals surface area contributed by atoms with Gasteiger partial charge in [-0.15, -0.1) is 0 Å². The molecule has 1 fully saturated rings. The molecule has 68 valence electrons. The highest BCUT2D eigenvalue weighted by Gasteiger charge is 2.24. The Bertz CT molecular complexity index is 254. The largest absolute Gasteiger partial charge is 0.378 e. The van der Waals surface area contributed by atoms with Crippen LogP contribution in [0.4, 0.5) is 0 Å². The molecule has 4 heteroatoms. The fourth-order valence-corrected chi connectivity index (χ4v) is 1.32. The first kappa shape index (κ1) is 9.70. The predicted octanol–water partition coefficient (Wildman–Crippen LogP) is 0.788. The molecule has 1 rings (SSSR count). The Morgan fingerprint density at radius 3 is 2.69 bits per heavy atom. The van der Waals surface area contributed by atoms with Gasteiger partial charge in [0.1, 0.15) is 0 Å². The second-order valence-electron chi connectivity index (χ2n) is 3.00. The van der Waals surface area contributed by atoms with Crippen molar-refractivity contribution in [2.75, 3.05) is 6.61 Å². The van der Waals surface area contributed by atoms with Gasteiger partial charge in [-0.1, -0.05) is 0 Å². The monoisotopic (exact) mass is 178 g/mol. The van der Waals surface area contributed by atoms with Crippen molar-refractivity contribution in [2.45, 2.75) is 25.4 Å². The Kier molecular flexibility index (Phi) is 3.42. The summed E-state index contributed by atoms with van der Waals surface area (Å²) in [5.74, 6) is -1.44. The van der Waals surface area contributed by atoms with Crippen molar-refractivity contribution in [3.05, 3.63) is 0 Å². The van der Waals surface area contributed by atoms with Gasteiger partial charge in [0.25, 0.3) is 0 Å². The molecule has 4 nitrogen and oxygen atoms in total. The van der Waals surface area contributed by atoms with Crippen LogP contribution in [-0.4, -0.2) is 18.5 Å². The maximum absolute atomic E-state index is 11.2. The highest BCUT2D eigenvalue weighted by Crippen LogP contribution is 2.17. The van der Waals surface area contributed by atoms with E-state index in [1.54, 1.807) is 12.1 Å². The van der Waals surface area contributed by atoms with Crippen LogP contribution in [0.15, 0.2) is 0 Å². The van der Waals surface area contributed by atoms with Gasteiger partial charge in [0.15, 0.2) is 11.7 Å². The molecule has 1 saturated heterocycles. The maximum atomic E-state index is 11.2. The third-order valence-corrected chi connectivity index (χ3v) is 2.03. The van der Waals surface area contributed by atoms with Crippen LogP contribution in [0.25, 0.3) is 0 Å². The summed E-state index contributed by atoms with van der Waals surface area (Å²) < 4.78 is 5.22. The quantitative estimate of drug-likeness (QED) is 0.640. The first-order valence-corrected chi connectivity index (χ1v) is 4.21. The number of ether oxygens (including phenoxy) is 1. The van der Waals surface area contributed by atoms with Crippen molar-refractivity contribution in [1.82, 2.24) is 0 Å². The van der Waals surface area contributed by atoms with E-state index in [1.807, 2.05) is 0 Å². The van der Waals surface area contributed by atoms with Crippen molar-refractivity contribution in [3.63, 3.8) is 0 Å². The molecule has 0 aliphatic carbocycles.